The molecule has 2 aromatic rings. The molecule has 0 fully saturated rings. The first-order chi connectivity index (χ1) is 9.92. The van der Waals surface area contributed by atoms with Crippen molar-refractivity contribution in [2.24, 2.45) is 5.84 Å². The Bertz CT molecular complexity index is 686. The Morgan fingerprint density at radius 3 is 2.24 bits per heavy atom. The number of hydrogen-bond acceptors (Lipinski definition) is 3. The lowest BCUT2D eigenvalue weighted by atomic mass is 10.1. The van der Waals surface area contributed by atoms with Gasteiger partial charge in [0.2, 0.25) is 0 Å². The summed E-state index contributed by atoms with van der Waals surface area (Å²) in [5, 5.41) is 2.45. The number of benzene rings is 2. The molecule has 0 heterocycles. The van der Waals surface area contributed by atoms with Crippen molar-refractivity contribution in [2.45, 2.75) is 0 Å². The Morgan fingerprint density at radius 1 is 1.10 bits per heavy atom. The van der Waals surface area contributed by atoms with Crippen LogP contribution in [0.15, 0.2) is 30.3 Å². The highest BCUT2D eigenvalue weighted by Crippen LogP contribution is 2.22. The van der Waals surface area contributed by atoms with Crippen LogP contribution in [0.4, 0.5) is 24.5 Å². The van der Waals surface area contributed by atoms with Crippen molar-refractivity contribution in [2.75, 3.05) is 10.7 Å². The highest BCUT2D eigenvalue weighted by Gasteiger charge is 2.15. The van der Waals surface area contributed by atoms with E-state index in [9.17, 15) is 18.0 Å². The van der Waals surface area contributed by atoms with E-state index in [1.54, 1.807) is 0 Å². The third kappa shape index (κ3) is 3.45. The molecule has 2 aromatic carbocycles. The van der Waals surface area contributed by atoms with Gasteiger partial charge in [-0.2, -0.15) is 0 Å². The molecule has 1 amide bonds. The average Bonchev–Trinajstić information content (AvgIpc) is 2.41. The molecule has 0 saturated heterocycles. The van der Waals surface area contributed by atoms with Gasteiger partial charge in [0.15, 0.2) is 11.6 Å². The fourth-order valence-electron chi connectivity index (χ4n) is 1.63. The number of carbonyl (C=O) groups excluding carboxylic acids is 1. The zero-order chi connectivity index (χ0) is 15.6. The minimum atomic E-state index is -0.989. The molecule has 2 rings (SSSR count). The predicted molar refractivity (Wildman–Crippen MR) is 81.2 cm³/mol. The normalized spacial score (nSPS) is 10.3. The maximum atomic E-state index is 13.5. The van der Waals surface area contributed by atoms with E-state index in [4.69, 9.17) is 5.84 Å². The number of hydrazine groups is 1. The summed E-state index contributed by atoms with van der Waals surface area (Å²) in [7, 11) is 0. The van der Waals surface area contributed by atoms with E-state index in [2.05, 4.69) is 5.32 Å². The second-order valence-electron chi connectivity index (χ2n) is 4.04. The first kappa shape index (κ1) is 15.6. The van der Waals surface area contributed by atoms with Crippen molar-refractivity contribution < 1.29 is 18.0 Å². The molecule has 8 heteroatoms. The van der Waals surface area contributed by atoms with Gasteiger partial charge in [0.05, 0.1) is 5.69 Å². The number of hydrogen-bond donors (Lipinski definition) is 3. The fraction of sp³-hybridized carbons (Fsp3) is 0. The molecule has 110 valence electrons. The van der Waals surface area contributed by atoms with Crippen LogP contribution in [0.5, 0.6) is 0 Å². The summed E-state index contributed by atoms with van der Waals surface area (Å²) in [6.07, 6.45) is 0. The summed E-state index contributed by atoms with van der Waals surface area (Å²) in [5.41, 5.74) is 1.46. The van der Waals surface area contributed by atoms with Crippen molar-refractivity contribution in [1.82, 2.24) is 0 Å². The molecule has 0 aliphatic rings. The number of rotatable bonds is 3. The van der Waals surface area contributed by atoms with Crippen molar-refractivity contribution in [3.63, 3.8) is 0 Å². The van der Waals surface area contributed by atoms with Crippen LogP contribution in [-0.4, -0.2) is 5.91 Å². The Balaban J connectivity index is 2.28. The minimum absolute atomic E-state index is 0.218. The fourth-order valence-corrected chi connectivity index (χ4v) is 2.24. The van der Waals surface area contributed by atoms with Gasteiger partial charge >= 0.3 is 0 Å². The first-order valence-corrected chi connectivity index (χ1v) is 6.72. The van der Waals surface area contributed by atoms with Crippen LogP contribution < -0.4 is 16.6 Å². The van der Waals surface area contributed by atoms with Gasteiger partial charge in [-0.05, 0) is 52.9 Å². The summed E-state index contributed by atoms with van der Waals surface area (Å²) < 4.78 is 40.5. The predicted octanol–water partition coefficient (Wildman–Crippen LogP) is 3.25. The van der Waals surface area contributed by atoms with E-state index < -0.39 is 29.0 Å². The van der Waals surface area contributed by atoms with Gasteiger partial charge in [0, 0.05) is 9.13 Å². The number of anilines is 2. The average molecular weight is 407 g/mol. The van der Waals surface area contributed by atoms with Gasteiger partial charge in [-0.25, -0.2) is 13.2 Å². The maximum absolute atomic E-state index is 13.5. The molecule has 0 atom stereocenters. The molecule has 0 saturated carbocycles. The highest BCUT2D eigenvalue weighted by molar-refractivity contribution is 14.1. The topological polar surface area (TPSA) is 67.1 Å². The summed E-state index contributed by atoms with van der Waals surface area (Å²) in [6.45, 7) is 0. The van der Waals surface area contributed by atoms with Crippen LogP contribution in [0.25, 0.3) is 0 Å². The van der Waals surface area contributed by atoms with E-state index in [-0.39, 0.29) is 5.56 Å². The van der Waals surface area contributed by atoms with Gasteiger partial charge in [-0.3, -0.25) is 10.6 Å². The number of halogens is 4. The lowest BCUT2D eigenvalue weighted by molar-refractivity contribution is 0.102. The standard InChI is InChI=1S/C13H9F3IN3O/c14-7-1-2-11(10(17)5-7)19-13(21)6-3-8(15)12(20-18)9(16)4-6/h1-5,20H,18H2,(H,19,21). The van der Waals surface area contributed by atoms with Crippen molar-refractivity contribution in [3.05, 3.63) is 56.9 Å². The summed E-state index contributed by atoms with van der Waals surface area (Å²) in [6, 6.07) is 5.45. The lowest BCUT2D eigenvalue weighted by Crippen LogP contribution is -2.16. The summed E-state index contributed by atoms with van der Waals surface area (Å²) >= 11 is 1.83. The van der Waals surface area contributed by atoms with Crippen LogP contribution in [-0.2, 0) is 0 Å². The molecule has 0 bridgehead atoms. The number of amides is 1. The Kier molecular flexibility index (Phi) is 4.68. The van der Waals surface area contributed by atoms with Gasteiger partial charge in [-0.15, -0.1) is 0 Å². The Hall–Kier alpha value is -1.81. The highest BCUT2D eigenvalue weighted by atomic mass is 127. The van der Waals surface area contributed by atoms with Gasteiger partial charge in [0.25, 0.3) is 5.91 Å². The second-order valence-corrected chi connectivity index (χ2v) is 5.20. The SMILES string of the molecule is NNc1c(F)cc(C(=O)Nc2ccc(F)cc2I)cc1F. The zero-order valence-electron chi connectivity index (χ0n) is 10.4. The molecule has 4 N–H and O–H groups in total. The molecular formula is C13H9F3IN3O. The molecule has 4 nitrogen and oxygen atoms in total. The molecule has 0 spiro atoms. The largest absolute Gasteiger partial charge is 0.321 e. The van der Waals surface area contributed by atoms with E-state index in [0.29, 0.717) is 9.26 Å². The van der Waals surface area contributed by atoms with E-state index in [1.165, 1.54) is 18.2 Å². The molecule has 0 unspecified atom stereocenters. The van der Waals surface area contributed by atoms with Crippen molar-refractivity contribution in [3.8, 4) is 0 Å². The molecular weight excluding hydrogens is 398 g/mol. The monoisotopic (exact) mass is 407 g/mol. The minimum Gasteiger partial charge on any atom is -0.321 e. The van der Waals surface area contributed by atoms with E-state index in [1.807, 2.05) is 28.0 Å². The third-order valence-corrected chi connectivity index (χ3v) is 3.52. The molecule has 0 aromatic heterocycles. The second kappa shape index (κ2) is 6.31. The van der Waals surface area contributed by atoms with Gasteiger partial charge in [0.1, 0.15) is 11.5 Å². The number of nitrogen functional groups attached to an aromatic ring is 1. The number of nitrogens with one attached hydrogen (secondary N) is 2. The summed E-state index contributed by atoms with van der Waals surface area (Å²) in [5.74, 6) is 1.82. The van der Waals surface area contributed by atoms with E-state index >= 15 is 0 Å². The first-order valence-electron chi connectivity index (χ1n) is 5.64. The maximum Gasteiger partial charge on any atom is 0.255 e. The van der Waals surface area contributed by atoms with E-state index in [0.717, 1.165) is 12.1 Å². The van der Waals surface area contributed by atoms with Crippen LogP contribution >= 0.6 is 22.6 Å². The molecule has 0 radical (unpaired) electrons. The third-order valence-electron chi connectivity index (χ3n) is 2.63. The Morgan fingerprint density at radius 2 is 1.71 bits per heavy atom. The summed E-state index contributed by atoms with van der Waals surface area (Å²) in [4.78, 5) is 12.0. The molecule has 0 aliphatic carbocycles. The Labute approximate surface area is 131 Å². The van der Waals surface area contributed by atoms with Crippen molar-refractivity contribution in [1.29, 1.82) is 0 Å². The lowest BCUT2D eigenvalue weighted by Gasteiger charge is -2.09. The van der Waals surface area contributed by atoms with Crippen LogP contribution in [0.1, 0.15) is 10.4 Å². The van der Waals surface area contributed by atoms with Crippen molar-refractivity contribution >= 4 is 39.9 Å². The quantitative estimate of drug-likeness (QED) is 0.416. The van der Waals surface area contributed by atoms with Crippen LogP contribution in [0.3, 0.4) is 0 Å². The van der Waals surface area contributed by atoms with Gasteiger partial charge in [-0.1, -0.05) is 0 Å². The number of nitrogens with two attached hydrogens (primary N) is 1. The molecule has 21 heavy (non-hydrogen) atoms. The smallest absolute Gasteiger partial charge is 0.255 e. The van der Waals surface area contributed by atoms with Crippen LogP contribution in [0, 0.1) is 21.0 Å². The zero-order valence-corrected chi connectivity index (χ0v) is 12.5. The number of carbonyl (C=O) groups is 1. The van der Waals surface area contributed by atoms with Gasteiger partial charge < -0.3 is 10.7 Å². The molecule has 0 aliphatic heterocycles. The van der Waals surface area contributed by atoms with Crippen LogP contribution in [0.2, 0.25) is 0 Å².